The molecule has 0 fully saturated rings. The SMILES string of the molecule is C[C-](C)C.[Cu+]. The summed E-state index contributed by atoms with van der Waals surface area (Å²) in [4.78, 5) is 0. The molecular formula is C4H9Cu. The summed E-state index contributed by atoms with van der Waals surface area (Å²) in [5, 5.41) is 0. The van der Waals surface area contributed by atoms with Crippen molar-refractivity contribution in [1.82, 2.24) is 0 Å². The minimum atomic E-state index is 0. The Morgan fingerprint density at radius 2 is 1.00 bits per heavy atom. The van der Waals surface area contributed by atoms with Crippen LogP contribution in [0.3, 0.4) is 0 Å². The van der Waals surface area contributed by atoms with Gasteiger partial charge in [0.1, 0.15) is 0 Å². The van der Waals surface area contributed by atoms with E-state index in [1.54, 1.807) is 0 Å². The molecule has 0 aliphatic carbocycles. The van der Waals surface area contributed by atoms with Gasteiger partial charge in [-0.1, -0.05) is 0 Å². The molecule has 0 unspecified atom stereocenters. The molecule has 0 saturated heterocycles. The molecule has 0 spiro atoms. The minimum Gasteiger partial charge on any atom is -0.323 e. The first-order valence-electron chi connectivity index (χ1n) is 1.50. The van der Waals surface area contributed by atoms with Gasteiger partial charge in [-0.25, -0.2) is 0 Å². The monoisotopic (exact) mass is 120 g/mol. The Balaban J connectivity index is 0. The van der Waals surface area contributed by atoms with Crippen molar-refractivity contribution in [3.05, 3.63) is 5.92 Å². The molecule has 0 radical (unpaired) electrons. The molecular weight excluding hydrogens is 112 g/mol. The molecule has 0 aromatic rings. The van der Waals surface area contributed by atoms with E-state index in [4.69, 9.17) is 0 Å². The molecule has 0 aromatic carbocycles. The van der Waals surface area contributed by atoms with E-state index in [0.717, 1.165) is 0 Å². The van der Waals surface area contributed by atoms with Crippen molar-refractivity contribution in [2.75, 3.05) is 0 Å². The van der Waals surface area contributed by atoms with Gasteiger partial charge in [0, 0.05) is 0 Å². The molecule has 0 nitrogen and oxygen atoms in total. The quantitative estimate of drug-likeness (QED) is 0.337. The number of hydrogen-bond donors (Lipinski definition) is 0. The summed E-state index contributed by atoms with van der Waals surface area (Å²) in [6, 6.07) is 0. The first-order valence-corrected chi connectivity index (χ1v) is 1.50. The molecule has 0 aliphatic heterocycles. The number of hydrogen-bond acceptors (Lipinski definition) is 0. The van der Waals surface area contributed by atoms with Crippen molar-refractivity contribution >= 4 is 0 Å². The van der Waals surface area contributed by atoms with Crippen molar-refractivity contribution < 1.29 is 17.1 Å². The second kappa shape index (κ2) is 4.52. The predicted molar refractivity (Wildman–Crippen MR) is 20.3 cm³/mol. The third kappa shape index (κ3) is 106. The zero-order valence-corrected chi connectivity index (χ0v) is 4.74. The fourth-order valence-electron chi connectivity index (χ4n) is 0. The van der Waals surface area contributed by atoms with Gasteiger partial charge in [-0.05, 0) is 0 Å². The molecule has 0 rings (SSSR count). The molecule has 36 valence electrons. The Labute approximate surface area is 44.4 Å². The van der Waals surface area contributed by atoms with Crippen LogP contribution in [0.5, 0.6) is 0 Å². The summed E-state index contributed by atoms with van der Waals surface area (Å²) in [5.74, 6) is 1.42. The van der Waals surface area contributed by atoms with Crippen LogP contribution in [0.2, 0.25) is 0 Å². The van der Waals surface area contributed by atoms with Crippen LogP contribution in [-0.2, 0) is 17.1 Å². The molecule has 0 bridgehead atoms. The van der Waals surface area contributed by atoms with Gasteiger partial charge in [0.2, 0.25) is 0 Å². The summed E-state index contributed by atoms with van der Waals surface area (Å²) in [5.41, 5.74) is 0. The smallest absolute Gasteiger partial charge is 0.323 e. The van der Waals surface area contributed by atoms with Gasteiger partial charge in [0.25, 0.3) is 0 Å². The molecule has 1 heteroatoms. The number of rotatable bonds is 0. The van der Waals surface area contributed by atoms with Gasteiger partial charge in [-0.2, -0.15) is 20.8 Å². The fourth-order valence-corrected chi connectivity index (χ4v) is 0. The van der Waals surface area contributed by atoms with Crippen LogP contribution >= 0.6 is 0 Å². The zero-order chi connectivity index (χ0) is 3.58. The first-order chi connectivity index (χ1) is 1.73. The average molecular weight is 121 g/mol. The summed E-state index contributed by atoms with van der Waals surface area (Å²) in [7, 11) is 0. The first kappa shape index (κ1) is 9.10. The van der Waals surface area contributed by atoms with E-state index < -0.39 is 0 Å². The van der Waals surface area contributed by atoms with E-state index in [9.17, 15) is 0 Å². The predicted octanol–water partition coefficient (Wildman–Crippen LogP) is 1.62. The maximum absolute atomic E-state index is 2.08. The molecule has 0 amide bonds. The van der Waals surface area contributed by atoms with E-state index in [1.807, 2.05) is 0 Å². The molecule has 0 aliphatic rings. The summed E-state index contributed by atoms with van der Waals surface area (Å²) in [6.07, 6.45) is 0. The molecule has 0 N–H and O–H groups in total. The van der Waals surface area contributed by atoms with Crippen molar-refractivity contribution in [3.63, 3.8) is 0 Å². The fraction of sp³-hybridized carbons (Fsp3) is 0.750. The normalized spacial score (nSPS) is 7.20. The second-order valence-electron chi connectivity index (χ2n) is 1.50. The summed E-state index contributed by atoms with van der Waals surface area (Å²) >= 11 is 0. The third-order valence-electron chi connectivity index (χ3n) is 0. The second-order valence-corrected chi connectivity index (χ2v) is 1.50. The van der Waals surface area contributed by atoms with Crippen LogP contribution in [0.1, 0.15) is 20.8 Å². The van der Waals surface area contributed by atoms with Crippen LogP contribution < -0.4 is 0 Å². The van der Waals surface area contributed by atoms with E-state index in [-0.39, 0.29) is 17.1 Å². The van der Waals surface area contributed by atoms with E-state index in [0.29, 0.717) is 0 Å². The van der Waals surface area contributed by atoms with Gasteiger partial charge in [0.15, 0.2) is 0 Å². The van der Waals surface area contributed by atoms with Gasteiger partial charge in [-0.3, -0.25) is 0 Å². The van der Waals surface area contributed by atoms with Crippen molar-refractivity contribution in [1.29, 1.82) is 0 Å². The molecule has 0 aromatic heterocycles. The Kier molecular flexibility index (Phi) is 8.23. The molecule has 0 heterocycles. The molecule has 0 atom stereocenters. The van der Waals surface area contributed by atoms with Crippen LogP contribution in [0, 0.1) is 5.92 Å². The molecule has 5 heavy (non-hydrogen) atoms. The third-order valence-corrected chi connectivity index (χ3v) is 0. The maximum Gasteiger partial charge on any atom is 1.00 e. The van der Waals surface area contributed by atoms with Crippen molar-refractivity contribution in [2.45, 2.75) is 20.8 Å². The van der Waals surface area contributed by atoms with Gasteiger partial charge >= 0.3 is 17.1 Å². The van der Waals surface area contributed by atoms with Crippen LogP contribution in [0.25, 0.3) is 0 Å². The summed E-state index contributed by atoms with van der Waals surface area (Å²) in [6.45, 7) is 6.25. The van der Waals surface area contributed by atoms with Gasteiger partial charge in [0.05, 0.1) is 0 Å². The topological polar surface area (TPSA) is 0 Å². The van der Waals surface area contributed by atoms with Crippen LogP contribution in [0.15, 0.2) is 0 Å². The Morgan fingerprint density at radius 1 is 1.00 bits per heavy atom. The van der Waals surface area contributed by atoms with E-state index >= 15 is 0 Å². The standard InChI is InChI=1S/C4H9.Cu/c1-4(2)3;/h1-3H3;/q-1;+1. The molecule has 0 saturated carbocycles. The van der Waals surface area contributed by atoms with E-state index in [1.165, 1.54) is 5.92 Å². The van der Waals surface area contributed by atoms with Gasteiger partial charge in [-0.15, -0.1) is 0 Å². The summed E-state index contributed by atoms with van der Waals surface area (Å²) < 4.78 is 0. The van der Waals surface area contributed by atoms with Crippen LogP contribution in [-0.4, -0.2) is 0 Å². The van der Waals surface area contributed by atoms with Gasteiger partial charge < -0.3 is 5.92 Å². The maximum atomic E-state index is 2.08. The largest absolute Gasteiger partial charge is 1.00 e. The zero-order valence-electron chi connectivity index (χ0n) is 3.80. The van der Waals surface area contributed by atoms with Crippen molar-refractivity contribution in [2.24, 2.45) is 0 Å². The van der Waals surface area contributed by atoms with Crippen LogP contribution in [0.4, 0.5) is 0 Å². The Morgan fingerprint density at radius 3 is 1.00 bits per heavy atom. The Hall–Kier alpha value is 0.519. The minimum absolute atomic E-state index is 0. The Bertz CT molecular complexity index is 8.36. The average Bonchev–Trinajstić information content (AvgIpc) is 0.811. The van der Waals surface area contributed by atoms with Crippen molar-refractivity contribution in [3.8, 4) is 0 Å². The van der Waals surface area contributed by atoms with E-state index in [2.05, 4.69) is 20.8 Å².